The number of anilines is 1. The molecule has 2 rings (SSSR count). The first-order valence-electron chi connectivity index (χ1n) is 7.27. The lowest BCUT2D eigenvalue weighted by Crippen LogP contribution is -2.35. The van der Waals surface area contributed by atoms with Crippen LogP contribution >= 0.6 is 0 Å². The average molecular weight is 319 g/mol. The highest BCUT2D eigenvalue weighted by atomic mass is 16.6. The molecule has 124 valence electrons. The lowest BCUT2D eigenvalue weighted by molar-refractivity contribution is -0.117. The summed E-state index contributed by atoms with van der Waals surface area (Å²) in [7, 11) is 1.70. The summed E-state index contributed by atoms with van der Waals surface area (Å²) in [6, 6.07) is 2.95. The maximum absolute atomic E-state index is 12.1. The van der Waals surface area contributed by atoms with E-state index in [-0.39, 0.29) is 11.9 Å². The molecule has 2 aromatic rings. The van der Waals surface area contributed by atoms with Crippen molar-refractivity contribution in [2.24, 2.45) is 0 Å². The van der Waals surface area contributed by atoms with Crippen molar-refractivity contribution in [3.8, 4) is 0 Å². The first-order valence-corrected chi connectivity index (χ1v) is 7.27. The van der Waals surface area contributed by atoms with Crippen LogP contribution in [0, 0.1) is 0 Å². The standard InChI is InChI=1S/C15H21N5O3/c1-9(16-5)13(21)19-12-7-6-11-10(18-12)8-17-20(11)14(22)23-15(2,3)4/h6-9,16H,1-5H3,(H,18,19,21)/t9-/m1/s1. The second-order valence-electron chi connectivity index (χ2n) is 6.14. The highest BCUT2D eigenvalue weighted by Gasteiger charge is 2.20. The van der Waals surface area contributed by atoms with E-state index in [1.54, 1.807) is 46.9 Å². The summed E-state index contributed by atoms with van der Waals surface area (Å²) in [5.41, 5.74) is 0.393. The number of amides is 1. The summed E-state index contributed by atoms with van der Waals surface area (Å²) >= 11 is 0. The maximum atomic E-state index is 12.1. The van der Waals surface area contributed by atoms with Gasteiger partial charge in [0.15, 0.2) is 0 Å². The molecular formula is C15H21N5O3. The Morgan fingerprint density at radius 1 is 1.30 bits per heavy atom. The van der Waals surface area contributed by atoms with Crippen molar-refractivity contribution in [2.75, 3.05) is 12.4 Å². The van der Waals surface area contributed by atoms with Crippen LogP contribution in [0.1, 0.15) is 27.7 Å². The van der Waals surface area contributed by atoms with E-state index in [9.17, 15) is 9.59 Å². The van der Waals surface area contributed by atoms with Crippen molar-refractivity contribution in [3.05, 3.63) is 18.3 Å². The number of likely N-dealkylation sites (N-methyl/N-ethyl adjacent to an activating group) is 1. The van der Waals surface area contributed by atoms with Crippen LogP contribution < -0.4 is 10.6 Å². The van der Waals surface area contributed by atoms with Gasteiger partial charge in [-0.1, -0.05) is 0 Å². The predicted molar refractivity (Wildman–Crippen MR) is 86.3 cm³/mol. The van der Waals surface area contributed by atoms with Gasteiger partial charge >= 0.3 is 6.09 Å². The normalized spacial score (nSPS) is 12.9. The van der Waals surface area contributed by atoms with Crippen molar-refractivity contribution >= 4 is 28.9 Å². The number of aromatic nitrogens is 3. The van der Waals surface area contributed by atoms with Gasteiger partial charge in [0.2, 0.25) is 5.91 Å². The molecule has 0 spiro atoms. The number of nitrogens with zero attached hydrogens (tertiary/aromatic N) is 3. The Hall–Kier alpha value is -2.48. The Morgan fingerprint density at radius 2 is 2.00 bits per heavy atom. The van der Waals surface area contributed by atoms with Crippen molar-refractivity contribution in [2.45, 2.75) is 39.3 Å². The fraction of sp³-hybridized carbons (Fsp3) is 0.467. The first kappa shape index (κ1) is 16.9. The number of fused-ring (bicyclic) bond motifs is 1. The molecule has 0 aliphatic rings. The molecule has 0 unspecified atom stereocenters. The van der Waals surface area contributed by atoms with E-state index in [2.05, 4.69) is 20.7 Å². The summed E-state index contributed by atoms with van der Waals surface area (Å²) in [4.78, 5) is 28.2. The van der Waals surface area contributed by atoms with E-state index in [0.29, 0.717) is 16.9 Å². The van der Waals surface area contributed by atoms with Crippen LogP contribution in [0.4, 0.5) is 10.6 Å². The molecule has 0 bridgehead atoms. The van der Waals surface area contributed by atoms with Gasteiger partial charge in [0, 0.05) is 0 Å². The Bertz CT molecular complexity index is 732. The largest absolute Gasteiger partial charge is 0.442 e. The highest BCUT2D eigenvalue weighted by Crippen LogP contribution is 2.17. The molecule has 0 radical (unpaired) electrons. The molecular weight excluding hydrogens is 298 g/mol. The zero-order chi connectivity index (χ0) is 17.2. The lowest BCUT2D eigenvalue weighted by atomic mass is 10.2. The van der Waals surface area contributed by atoms with Gasteiger partial charge in [-0.15, -0.1) is 0 Å². The van der Waals surface area contributed by atoms with Crippen LogP contribution in [0.2, 0.25) is 0 Å². The van der Waals surface area contributed by atoms with E-state index in [1.165, 1.54) is 6.20 Å². The van der Waals surface area contributed by atoms with Crippen molar-refractivity contribution < 1.29 is 14.3 Å². The molecule has 2 N–H and O–H groups in total. The van der Waals surface area contributed by atoms with Crippen molar-refractivity contribution in [3.63, 3.8) is 0 Å². The van der Waals surface area contributed by atoms with E-state index in [0.717, 1.165) is 4.68 Å². The lowest BCUT2D eigenvalue weighted by Gasteiger charge is -2.19. The monoisotopic (exact) mass is 319 g/mol. The van der Waals surface area contributed by atoms with Gasteiger partial charge < -0.3 is 15.4 Å². The quantitative estimate of drug-likeness (QED) is 0.894. The molecule has 8 nitrogen and oxygen atoms in total. The second kappa shape index (κ2) is 6.33. The zero-order valence-corrected chi connectivity index (χ0v) is 13.9. The summed E-state index contributed by atoms with van der Waals surface area (Å²) < 4.78 is 6.43. The highest BCUT2D eigenvalue weighted by molar-refractivity contribution is 5.95. The zero-order valence-electron chi connectivity index (χ0n) is 13.9. The number of carbonyl (C=O) groups is 2. The van der Waals surface area contributed by atoms with Crippen LogP contribution in [0.3, 0.4) is 0 Å². The summed E-state index contributed by atoms with van der Waals surface area (Å²) in [6.45, 7) is 7.09. The first-order chi connectivity index (χ1) is 10.7. The van der Waals surface area contributed by atoms with Crippen LogP contribution in [-0.2, 0) is 9.53 Å². The third kappa shape index (κ3) is 4.04. The van der Waals surface area contributed by atoms with Crippen molar-refractivity contribution in [1.82, 2.24) is 20.1 Å². The van der Waals surface area contributed by atoms with Gasteiger partial charge in [0.1, 0.15) is 16.9 Å². The molecule has 8 heteroatoms. The number of hydrogen-bond acceptors (Lipinski definition) is 6. The molecule has 0 fully saturated rings. The second-order valence-corrected chi connectivity index (χ2v) is 6.14. The molecule has 1 atom stereocenters. The van der Waals surface area contributed by atoms with Gasteiger partial charge in [0.05, 0.1) is 17.8 Å². The topological polar surface area (TPSA) is 98.1 Å². The molecule has 0 aliphatic carbocycles. The minimum atomic E-state index is -0.611. The number of ether oxygens (including phenoxy) is 1. The van der Waals surface area contributed by atoms with Crippen LogP contribution in [0.5, 0.6) is 0 Å². The van der Waals surface area contributed by atoms with Crippen LogP contribution in [0.25, 0.3) is 11.0 Å². The molecule has 23 heavy (non-hydrogen) atoms. The van der Waals surface area contributed by atoms with Gasteiger partial charge in [-0.2, -0.15) is 9.78 Å². The smallest absolute Gasteiger partial charge is 0.435 e. The minimum Gasteiger partial charge on any atom is -0.442 e. The molecule has 0 aliphatic heterocycles. The molecule has 2 heterocycles. The van der Waals surface area contributed by atoms with Gasteiger partial charge in [0.25, 0.3) is 0 Å². The Kier molecular flexibility index (Phi) is 4.65. The SMILES string of the molecule is CN[C@H](C)C(=O)Nc1ccc2c(cnn2C(=O)OC(C)(C)C)n1. The average Bonchev–Trinajstić information content (AvgIpc) is 2.87. The number of nitrogens with one attached hydrogen (secondary N) is 2. The van der Waals surface area contributed by atoms with Gasteiger partial charge in [-0.05, 0) is 46.9 Å². The third-order valence-corrected chi connectivity index (χ3v) is 3.07. The Morgan fingerprint density at radius 3 is 2.61 bits per heavy atom. The van der Waals surface area contributed by atoms with Gasteiger partial charge in [-0.3, -0.25) is 4.79 Å². The van der Waals surface area contributed by atoms with Crippen LogP contribution in [0.15, 0.2) is 18.3 Å². The Balaban J connectivity index is 2.23. The number of pyridine rings is 1. The van der Waals surface area contributed by atoms with E-state index in [1.807, 2.05) is 0 Å². The molecule has 2 aromatic heterocycles. The molecule has 1 amide bonds. The van der Waals surface area contributed by atoms with E-state index < -0.39 is 11.7 Å². The fourth-order valence-corrected chi connectivity index (χ4v) is 1.80. The summed E-state index contributed by atoms with van der Waals surface area (Å²) in [5, 5.41) is 9.55. The minimum absolute atomic E-state index is 0.195. The molecule has 0 saturated heterocycles. The predicted octanol–water partition coefficient (Wildman–Crippen LogP) is 1.76. The third-order valence-electron chi connectivity index (χ3n) is 3.07. The maximum Gasteiger partial charge on any atom is 0.435 e. The van der Waals surface area contributed by atoms with Crippen molar-refractivity contribution in [1.29, 1.82) is 0 Å². The Labute approximate surface area is 134 Å². The fourth-order valence-electron chi connectivity index (χ4n) is 1.80. The number of hydrogen-bond donors (Lipinski definition) is 2. The summed E-state index contributed by atoms with van der Waals surface area (Å²) in [6.07, 6.45) is 0.881. The molecule has 0 aromatic carbocycles. The molecule has 0 saturated carbocycles. The van der Waals surface area contributed by atoms with Gasteiger partial charge in [-0.25, -0.2) is 9.78 Å². The summed E-state index contributed by atoms with van der Waals surface area (Å²) in [5.74, 6) is 0.201. The van der Waals surface area contributed by atoms with E-state index in [4.69, 9.17) is 4.74 Å². The number of carbonyl (C=O) groups excluding carboxylic acids is 2. The number of rotatable bonds is 3. The van der Waals surface area contributed by atoms with E-state index >= 15 is 0 Å². The van der Waals surface area contributed by atoms with Crippen LogP contribution in [-0.4, -0.2) is 45.5 Å².